The van der Waals surface area contributed by atoms with Crippen molar-refractivity contribution in [3.05, 3.63) is 33.8 Å². The van der Waals surface area contributed by atoms with Gasteiger partial charge >= 0.3 is 6.18 Å². The molecule has 0 bridgehead atoms. The van der Waals surface area contributed by atoms with E-state index in [0.29, 0.717) is 0 Å². The zero-order chi connectivity index (χ0) is 15.5. The molecule has 0 heterocycles. The number of aliphatic hydroxyl groups is 1. The lowest BCUT2D eigenvalue weighted by atomic mass is 10.1. The number of alkyl halides is 3. The number of aliphatic hydroxyl groups excluding tert-OH is 1. The SMILES string of the molecule is CC(O)C(N)CNC(=O)c1cc(C(F)(F)F)ccc1Br. The summed E-state index contributed by atoms with van der Waals surface area (Å²) in [7, 11) is 0. The third kappa shape index (κ3) is 4.46. The van der Waals surface area contributed by atoms with Gasteiger partial charge in [0.05, 0.1) is 17.2 Å². The van der Waals surface area contributed by atoms with Gasteiger partial charge < -0.3 is 16.2 Å². The number of halogens is 4. The minimum atomic E-state index is -4.52. The summed E-state index contributed by atoms with van der Waals surface area (Å²) in [5.41, 5.74) is 4.47. The Kier molecular flexibility index (Phi) is 5.55. The molecule has 0 saturated heterocycles. The number of nitrogens with two attached hydrogens (primary N) is 1. The van der Waals surface area contributed by atoms with E-state index in [4.69, 9.17) is 5.73 Å². The van der Waals surface area contributed by atoms with E-state index in [-0.39, 0.29) is 16.6 Å². The van der Waals surface area contributed by atoms with Crippen LogP contribution in [0.2, 0.25) is 0 Å². The van der Waals surface area contributed by atoms with Gasteiger partial charge in [0.1, 0.15) is 0 Å². The second-order valence-electron chi connectivity index (χ2n) is 4.31. The number of benzene rings is 1. The lowest BCUT2D eigenvalue weighted by Gasteiger charge is -2.16. The number of rotatable bonds is 4. The maximum Gasteiger partial charge on any atom is 0.416 e. The fourth-order valence-corrected chi connectivity index (χ4v) is 1.78. The maximum absolute atomic E-state index is 12.6. The number of amides is 1. The number of carbonyl (C=O) groups is 1. The van der Waals surface area contributed by atoms with Crippen LogP contribution in [0.1, 0.15) is 22.8 Å². The fourth-order valence-electron chi connectivity index (χ4n) is 1.35. The molecule has 1 amide bonds. The van der Waals surface area contributed by atoms with E-state index >= 15 is 0 Å². The van der Waals surface area contributed by atoms with Gasteiger partial charge in [-0.25, -0.2) is 0 Å². The van der Waals surface area contributed by atoms with Crippen LogP contribution in [-0.2, 0) is 6.18 Å². The molecule has 1 aromatic rings. The van der Waals surface area contributed by atoms with Crippen LogP contribution in [0.5, 0.6) is 0 Å². The van der Waals surface area contributed by atoms with Crippen LogP contribution in [-0.4, -0.2) is 29.7 Å². The van der Waals surface area contributed by atoms with Crippen molar-refractivity contribution in [2.24, 2.45) is 5.73 Å². The Balaban J connectivity index is 2.87. The van der Waals surface area contributed by atoms with Gasteiger partial charge in [0, 0.05) is 17.1 Å². The van der Waals surface area contributed by atoms with Gasteiger partial charge in [-0.15, -0.1) is 0 Å². The largest absolute Gasteiger partial charge is 0.416 e. The standard InChI is InChI=1S/C12H14BrF3N2O2/c1-6(19)10(17)5-18-11(20)8-4-7(12(14,15)16)2-3-9(8)13/h2-4,6,10,19H,5,17H2,1H3,(H,18,20). The molecule has 8 heteroatoms. The van der Waals surface area contributed by atoms with Gasteiger partial charge in [-0.1, -0.05) is 0 Å². The first-order chi connectivity index (χ1) is 9.12. The summed E-state index contributed by atoms with van der Waals surface area (Å²) >= 11 is 3.02. The normalized spacial score (nSPS) is 14.8. The van der Waals surface area contributed by atoms with Gasteiger partial charge in [-0.05, 0) is 41.1 Å². The molecule has 0 spiro atoms. The molecule has 0 aromatic heterocycles. The summed E-state index contributed by atoms with van der Waals surface area (Å²) < 4.78 is 38.0. The average molecular weight is 355 g/mol. The maximum atomic E-state index is 12.6. The zero-order valence-corrected chi connectivity index (χ0v) is 12.1. The number of hydrogen-bond donors (Lipinski definition) is 3. The molecule has 0 radical (unpaired) electrons. The lowest BCUT2D eigenvalue weighted by Crippen LogP contribution is -2.43. The summed E-state index contributed by atoms with van der Waals surface area (Å²) in [5, 5.41) is 11.6. The molecule has 0 aliphatic carbocycles. The first-order valence-electron chi connectivity index (χ1n) is 5.71. The van der Waals surface area contributed by atoms with Crippen LogP contribution in [0, 0.1) is 0 Å². The highest BCUT2D eigenvalue weighted by atomic mass is 79.9. The molecule has 112 valence electrons. The van der Waals surface area contributed by atoms with Crippen molar-refractivity contribution in [1.82, 2.24) is 5.32 Å². The summed E-state index contributed by atoms with van der Waals surface area (Å²) in [6.45, 7) is 1.41. The molecule has 2 atom stereocenters. The Morgan fingerprint density at radius 1 is 1.50 bits per heavy atom. The molecule has 1 aromatic carbocycles. The van der Waals surface area contributed by atoms with Crippen molar-refractivity contribution in [3.63, 3.8) is 0 Å². The van der Waals surface area contributed by atoms with Gasteiger partial charge in [-0.3, -0.25) is 4.79 Å². The van der Waals surface area contributed by atoms with Crippen molar-refractivity contribution in [3.8, 4) is 0 Å². The van der Waals surface area contributed by atoms with E-state index in [1.54, 1.807) is 0 Å². The van der Waals surface area contributed by atoms with Gasteiger partial charge in [0.15, 0.2) is 0 Å². The second-order valence-corrected chi connectivity index (χ2v) is 5.16. The second kappa shape index (κ2) is 6.55. The minimum Gasteiger partial charge on any atom is -0.392 e. The van der Waals surface area contributed by atoms with Crippen molar-refractivity contribution in [2.75, 3.05) is 6.54 Å². The predicted octanol–water partition coefficient (Wildman–Crippen LogP) is 1.91. The lowest BCUT2D eigenvalue weighted by molar-refractivity contribution is -0.137. The summed E-state index contributed by atoms with van der Waals surface area (Å²) in [6.07, 6.45) is -5.36. The molecule has 0 aliphatic heterocycles. The molecule has 0 fully saturated rings. The van der Waals surface area contributed by atoms with Crippen molar-refractivity contribution >= 4 is 21.8 Å². The van der Waals surface area contributed by atoms with E-state index in [0.717, 1.165) is 18.2 Å². The Hall–Kier alpha value is -1.12. The Morgan fingerprint density at radius 3 is 2.60 bits per heavy atom. The van der Waals surface area contributed by atoms with E-state index < -0.39 is 29.8 Å². The monoisotopic (exact) mass is 354 g/mol. The highest BCUT2D eigenvalue weighted by molar-refractivity contribution is 9.10. The van der Waals surface area contributed by atoms with Gasteiger partial charge in [-0.2, -0.15) is 13.2 Å². The van der Waals surface area contributed by atoms with Gasteiger partial charge in [0.2, 0.25) is 0 Å². The number of nitrogens with one attached hydrogen (secondary N) is 1. The van der Waals surface area contributed by atoms with E-state index in [1.807, 2.05) is 0 Å². The highest BCUT2D eigenvalue weighted by Gasteiger charge is 2.31. The van der Waals surface area contributed by atoms with Crippen LogP contribution in [0.25, 0.3) is 0 Å². The summed E-state index contributed by atoms with van der Waals surface area (Å²) in [5.74, 6) is -0.695. The predicted molar refractivity (Wildman–Crippen MR) is 71.1 cm³/mol. The molecule has 1 rings (SSSR count). The quantitative estimate of drug-likeness (QED) is 0.772. The van der Waals surface area contributed by atoms with E-state index in [9.17, 15) is 23.1 Å². The molecule has 4 N–H and O–H groups in total. The number of carbonyl (C=O) groups excluding carboxylic acids is 1. The highest BCUT2D eigenvalue weighted by Crippen LogP contribution is 2.31. The van der Waals surface area contributed by atoms with Crippen molar-refractivity contribution < 1.29 is 23.1 Å². The molecule has 4 nitrogen and oxygen atoms in total. The minimum absolute atomic E-state index is 0.0425. The smallest absolute Gasteiger partial charge is 0.392 e. The third-order valence-electron chi connectivity index (χ3n) is 2.66. The third-order valence-corrected chi connectivity index (χ3v) is 3.35. The summed E-state index contributed by atoms with van der Waals surface area (Å²) in [4.78, 5) is 11.8. The van der Waals surface area contributed by atoms with E-state index in [1.165, 1.54) is 6.92 Å². The average Bonchev–Trinajstić information content (AvgIpc) is 2.34. The fraction of sp³-hybridized carbons (Fsp3) is 0.417. The van der Waals surface area contributed by atoms with Crippen LogP contribution in [0.4, 0.5) is 13.2 Å². The van der Waals surface area contributed by atoms with Crippen LogP contribution >= 0.6 is 15.9 Å². The molecule has 0 saturated carbocycles. The van der Waals surface area contributed by atoms with Crippen LogP contribution in [0.3, 0.4) is 0 Å². The number of hydrogen-bond acceptors (Lipinski definition) is 3. The van der Waals surface area contributed by atoms with Crippen molar-refractivity contribution in [1.29, 1.82) is 0 Å². The molecular formula is C12H14BrF3N2O2. The zero-order valence-electron chi connectivity index (χ0n) is 10.5. The Morgan fingerprint density at radius 2 is 2.10 bits per heavy atom. The van der Waals surface area contributed by atoms with Crippen LogP contribution < -0.4 is 11.1 Å². The van der Waals surface area contributed by atoms with Gasteiger partial charge in [0.25, 0.3) is 5.91 Å². The van der Waals surface area contributed by atoms with Crippen molar-refractivity contribution in [2.45, 2.75) is 25.2 Å². The Bertz CT molecular complexity index is 492. The Labute approximate surface area is 122 Å². The molecular weight excluding hydrogens is 341 g/mol. The topological polar surface area (TPSA) is 75.3 Å². The molecule has 20 heavy (non-hydrogen) atoms. The molecule has 2 unspecified atom stereocenters. The molecule has 0 aliphatic rings. The van der Waals surface area contributed by atoms with Crippen LogP contribution in [0.15, 0.2) is 22.7 Å². The first kappa shape index (κ1) is 16.9. The first-order valence-corrected chi connectivity index (χ1v) is 6.51. The summed E-state index contributed by atoms with van der Waals surface area (Å²) in [6, 6.07) is 2.10. The van der Waals surface area contributed by atoms with E-state index in [2.05, 4.69) is 21.2 Å².